The summed E-state index contributed by atoms with van der Waals surface area (Å²) < 4.78 is 13.4. The molecule has 3 heterocycles. The smallest absolute Gasteiger partial charge is 0.211 e. The summed E-state index contributed by atoms with van der Waals surface area (Å²) in [5, 5.41) is 9.81. The van der Waals surface area contributed by atoms with Crippen LogP contribution in [0, 0.1) is 5.82 Å². The fourth-order valence-electron chi connectivity index (χ4n) is 3.04. The van der Waals surface area contributed by atoms with Crippen LogP contribution in [-0.4, -0.2) is 50.5 Å². The van der Waals surface area contributed by atoms with Crippen molar-refractivity contribution in [2.45, 2.75) is 24.4 Å². The summed E-state index contributed by atoms with van der Waals surface area (Å²) in [4.78, 5) is 10.2. The van der Waals surface area contributed by atoms with E-state index in [0.717, 1.165) is 23.2 Å². The average molecular weight is 333 g/mol. The number of piperidine rings is 1. The molecule has 1 fully saturated rings. The number of H-pyrrole nitrogens is 1. The number of nitrogens with one attached hydrogen (secondary N) is 1. The van der Waals surface area contributed by atoms with Crippen LogP contribution in [0.3, 0.4) is 0 Å². The Morgan fingerprint density at radius 3 is 2.96 bits per heavy atom. The molecule has 7 heteroatoms. The maximum atomic E-state index is 13.4. The molecule has 1 aliphatic rings. The third-order valence-electron chi connectivity index (χ3n) is 4.24. The van der Waals surface area contributed by atoms with Crippen LogP contribution in [-0.2, 0) is 0 Å². The molecule has 0 spiro atoms. The van der Waals surface area contributed by atoms with Crippen molar-refractivity contribution in [3.63, 3.8) is 0 Å². The summed E-state index contributed by atoms with van der Waals surface area (Å²) in [5.41, 5.74) is 2.12. The average Bonchev–Trinajstić information content (AvgIpc) is 2.93. The summed E-state index contributed by atoms with van der Waals surface area (Å²) in [6, 6.07) is 4.60. The molecule has 0 unspecified atom stereocenters. The van der Waals surface area contributed by atoms with Gasteiger partial charge in [-0.05, 0) is 44.1 Å². The van der Waals surface area contributed by atoms with Crippen LogP contribution in [0.1, 0.15) is 20.7 Å². The fraction of sp³-hybridized carbons (Fsp3) is 0.438. The molecule has 122 valence electrons. The van der Waals surface area contributed by atoms with Crippen molar-refractivity contribution in [3.8, 4) is 0 Å². The van der Waals surface area contributed by atoms with Gasteiger partial charge >= 0.3 is 0 Å². The third-order valence-corrected chi connectivity index (χ3v) is 5.06. The van der Waals surface area contributed by atoms with Crippen LogP contribution in [0.5, 0.6) is 0 Å². The Kier molecular flexibility index (Phi) is 4.13. The van der Waals surface area contributed by atoms with Crippen molar-refractivity contribution in [1.29, 1.82) is 0 Å². The highest BCUT2D eigenvalue weighted by Crippen LogP contribution is 2.24. The monoisotopic (exact) mass is 333 g/mol. The Bertz CT molecular complexity index is 834. The summed E-state index contributed by atoms with van der Waals surface area (Å²) >= 11 is 1.62. The van der Waals surface area contributed by atoms with Gasteiger partial charge in [0.1, 0.15) is 11.3 Å². The molecule has 4 rings (SSSR count). The number of nitrogens with zero attached hydrogens (tertiary/aromatic N) is 4. The predicted molar refractivity (Wildman–Crippen MR) is 92.3 cm³/mol. The zero-order chi connectivity index (χ0) is 15.6. The maximum Gasteiger partial charge on any atom is 0.211 e. The van der Waals surface area contributed by atoms with Crippen LogP contribution < -0.4 is 0 Å². The number of hydrogen-bond acceptors (Lipinski definition) is 5. The Morgan fingerprint density at radius 1 is 1.22 bits per heavy atom. The number of aromatic amines is 1. The number of hydrogen-bond donors (Lipinski definition) is 1. The number of aromatic nitrogens is 4. The lowest BCUT2D eigenvalue weighted by Crippen LogP contribution is -2.31. The molecule has 0 aliphatic carbocycles. The highest BCUT2D eigenvalue weighted by atomic mass is 32.2. The van der Waals surface area contributed by atoms with Gasteiger partial charge in [-0.3, -0.25) is 0 Å². The topological polar surface area (TPSA) is 57.7 Å². The molecular formula is C16H20FN5S. The molecule has 1 aliphatic heterocycles. The second kappa shape index (κ2) is 6.41. The van der Waals surface area contributed by atoms with Gasteiger partial charge in [-0.25, -0.2) is 9.37 Å². The molecule has 1 N–H and O–H groups in total. The van der Waals surface area contributed by atoms with Gasteiger partial charge in [0.2, 0.25) is 5.16 Å². The van der Waals surface area contributed by atoms with Crippen molar-refractivity contribution in [1.82, 2.24) is 25.1 Å². The number of fused-ring (bicyclic) bond motifs is 3. The lowest BCUT2D eigenvalue weighted by Gasteiger charge is -2.25. The van der Waals surface area contributed by atoms with Gasteiger partial charge in [0, 0.05) is 24.6 Å². The minimum Gasteiger partial charge on any atom is -0.338 e. The first-order valence-electron chi connectivity index (χ1n) is 7.96. The quantitative estimate of drug-likeness (QED) is 0.741. The van der Waals surface area contributed by atoms with Gasteiger partial charge in [0.15, 0.2) is 5.65 Å². The number of benzene rings is 1. The lowest BCUT2D eigenvalue weighted by atomic mass is 10.1. The maximum absolute atomic E-state index is 13.4. The van der Waals surface area contributed by atoms with E-state index in [2.05, 4.69) is 25.1 Å². The van der Waals surface area contributed by atoms with E-state index in [0.29, 0.717) is 16.3 Å². The molecule has 23 heavy (non-hydrogen) atoms. The molecule has 5 nitrogen and oxygen atoms in total. The van der Waals surface area contributed by atoms with Gasteiger partial charge in [0.25, 0.3) is 0 Å². The molecule has 1 saturated heterocycles. The number of halogens is 1. The van der Waals surface area contributed by atoms with Crippen LogP contribution >= 0.6 is 11.8 Å². The van der Waals surface area contributed by atoms with Crippen LogP contribution in [0.2, 0.25) is 0 Å². The standard InChI is InChI=1S/C16H18FN5S.H2/c17-11-4-5-13-12(10-11)14-15(18-13)19-16(21-20-14)23-9-8-22-6-2-1-3-7-22;/h4-5,10H,1-3,6-9H2,(H,18,19,21);1H. The van der Waals surface area contributed by atoms with Gasteiger partial charge in [-0.2, -0.15) is 0 Å². The summed E-state index contributed by atoms with van der Waals surface area (Å²) in [6.45, 7) is 3.46. The minimum absolute atomic E-state index is 0. The SMILES string of the molecule is Fc1ccc2[nH]c3nc(SCCN4CCCCC4)nnc3c2c1.[HH]. The van der Waals surface area contributed by atoms with E-state index in [1.54, 1.807) is 17.8 Å². The molecular weight excluding hydrogens is 313 g/mol. The number of rotatable bonds is 4. The van der Waals surface area contributed by atoms with Crippen LogP contribution in [0.15, 0.2) is 23.4 Å². The van der Waals surface area contributed by atoms with Crippen molar-refractivity contribution < 1.29 is 5.82 Å². The Morgan fingerprint density at radius 2 is 2.09 bits per heavy atom. The largest absolute Gasteiger partial charge is 0.338 e. The minimum atomic E-state index is -0.278. The van der Waals surface area contributed by atoms with Crippen LogP contribution in [0.25, 0.3) is 22.1 Å². The van der Waals surface area contributed by atoms with E-state index < -0.39 is 0 Å². The van der Waals surface area contributed by atoms with Gasteiger partial charge in [-0.1, -0.05) is 18.2 Å². The molecule has 3 aromatic rings. The molecule has 0 bridgehead atoms. The molecule has 2 aromatic heterocycles. The van der Waals surface area contributed by atoms with Crippen molar-refractivity contribution >= 4 is 33.8 Å². The van der Waals surface area contributed by atoms with Crippen LogP contribution in [0.4, 0.5) is 4.39 Å². The second-order valence-corrected chi connectivity index (χ2v) is 6.92. The van der Waals surface area contributed by atoms with Gasteiger partial charge < -0.3 is 9.88 Å². The zero-order valence-corrected chi connectivity index (χ0v) is 13.6. The van der Waals surface area contributed by atoms with Gasteiger partial charge in [0.05, 0.1) is 0 Å². The zero-order valence-electron chi connectivity index (χ0n) is 12.8. The van der Waals surface area contributed by atoms with E-state index in [4.69, 9.17) is 0 Å². The van der Waals surface area contributed by atoms with Crippen molar-refractivity contribution in [2.75, 3.05) is 25.4 Å². The van der Waals surface area contributed by atoms with E-state index in [9.17, 15) is 4.39 Å². The van der Waals surface area contributed by atoms with E-state index in [-0.39, 0.29) is 7.24 Å². The highest BCUT2D eigenvalue weighted by molar-refractivity contribution is 7.99. The van der Waals surface area contributed by atoms with Crippen molar-refractivity contribution in [2.24, 2.45) is 0 Å². The normalized spacial score (nSPS) is 16.4. The second-order valence-electron chi connectivity index (χ2n) is 5.86. The Balaban J connectivity index is 0.00000169. The van der Waals surface area contributed by atoms with Crippen molar-refractivity contribution in [3.05, 3.63) is 24.0 Å². The Labute approximate surface area is 139 Å². The number of thioether (sulfide) groups is 1. The van der Waals surface area contributed by atoms with Gasteiger partial charge in [-0.15, -0.1) is 10.2 Å². The van der Waals surface area contributed by atoms with E-state index >= 15 is 0 Å². The first kappa shape index (κ1) is 14.8. The van der Waals surface area contributed by atoms with E-state index in [1.165, 1.54) is 44.5 Å². The van der Waals surface area contributed by atoms with E-state index in [1.807, 2.05) is 0 Å². The highest BCUT2D eigenvalue weighted by Gasteiger charge is 2.12. The predicted octanol–water partition coefficient (Wildman–Crippen LogP) is 3.47. The summed E-state index contributed by atoms with van der Waals surface area (Å²) in [7, 11) is 0. The first-order valence-corrected chi connectivity index (χ1v) is 8.95. The molecule has 0 saturated carbocycles. The first-order chi connectivity index (χ1) is 11.3. The molecule has 0 amide bonds. The summed E-state index contributed by atoms with van der Waals surface area (Å²) in [6.07, 6.45) is 3.97. The molecule has 1 aromatic carbocycles. The molecule has 0 radical (unpaired) electrons. The Hall–Kier alpha value is -1.73. The fourth-order valence-corrected chi connectivity index (χ4v) is 3.83. The third kappa shape index (κ3) is 3.16. The molecule has 0 atom stereocenters. The lowest BCUT2D eigenvalue weighted by molar-refractivity contribution is 0.242. The number of likely N-dealkylation sites (tertiary alicyclic amines) is 1. The summed E-state index contributed by atoms with van der Waals surface area (Å²) in [5.74, 6) is 0.683.